The van der Waals surface area contributed by atoms with E-state index < -0.39 is 11.6 Å². The zero-order valence-electron chi connectivity index (χ0n) is 6.34. The summed E-state index contributed by atoms with van der Waals surface area (Å²) in [7, 11) is 0. The Morgan fingerprint density at radius 1 is 1.55 bits per heavy atom. The van der Waals surface area contributed by atoms with Crippen LogP contribution in [0.25, 0.3) is 0 Å². The Bertz CT molecular complexity index is 217. The predicted octanol–water partition coefficient (Wildman–Crippen LogP) is -0.0972. The molecule has 1 aliphatic heterocycles. The first-order valence-corrected chi connectivity index (χ1v) is 3.80. The molecule has 0 radical (unpaired) electrons. The molecule has 1 saturated heterocycles. The molecule has 0 spiro atoms. The molecule has 0 aromatic heterocycles. The van der Waals surface area contributed by atoms with Crippen LogP contribution >= 0.6 is 12.6 Å². The van der Waals surface area contributed by atoms with Crippen LogP contribution in [0.1, 0.15) is 13.8 Å². The minimum Gasteiger partial charge on any atom is -0.322 e. The van der Waals surface area contributed by atoms with Crippen molar-refractivity contribution in [3.8, 4) is 0 Å². The van der Waals surface area contributed by atoms with Gasteiger partial charge in [0.25, 0.3) is 5.91 Å². The second-order valence-corrected chi connectivity index (χ2v) is 3.56. The molecule has 2 N–H and O–H groups in total. The van der Waals surface area contributed by atoms with Crippen molar-refractivity contribution >= 4 is 24.6 Å². The normalized spacial score (nSPS) is 33.0. The second-order valence-electron chi connectivity index (χ2n) is 2.79. The molecule has 11 heavy (non-hydrogen) atoms. The van der Waals surface area contributed by atoms with E-state index in [0.29, 0.717) is 0 Å². The second kappa shape index (κ2) is 2.41. The highest BCUT2D eigenvalue weighted by Crippen LogP contribution is 2.18. The predicted molar refractivity (Wildman–Crippen MR) is 43.5 cm³/mol. The third-order valence-corrected chi connectivity index (χ3v) is 2.42. The van der Waals surface area contributed by atoms with E-state index in [-0.39, 0.29) is 11.2 Å². The summed E-state index contributed by atoms with van der Waals surface area (Å²) in [5.74, 6) is -0.315. The van der Waals surface area contributed by atoms with Gasteiger partial charge in [-0.05, 0) is 6.92 Å². The van der Waals surface area contributed by atoms with E-state index in [1.54, 1.807) is 13.8 Å². The van der Waals surface area contributed by atoms with Crippen molar-refractivity contribution in [1.82, 2.24) is 10.6 Å². The van der Waals surface area contributed by atoms with E-state index in [9.17, 15) is 9.59 Å². The van der Waals surface area contributed by atoms with Crippen LogP contribution in [-0.4, -0.2) is 22.7 Å². The number of carbonyl (C=O) groups is 2. The standard InChI is InChI=1S/C6H10N2O2S/c1-3(11)6(2)4(9)7-5(10)8-6/h3,11H,1-2H3,(H2,7,8,9,10). The average Bonchev–Trinajstić information content (AvgIpc) is 2.08. The van der Waals surface area contributed by atoms with Gasteiger partial charge in [-0.15, -0.1) is 0 Å². The summed E-state index contributed by atoms with van der Waals surface area (Å²) in [4.78, 5) is 21.8. The Morgan fingerprint density at radius 2 is 2.09 bits per heavy atom. The topological polar surface area (TPSA) is 58.2 Å². The van der Waals surface area contributed by atoms with Crippen LogP contribution in [0.3, 0.4) is 0 Å². The van der Waals surface area contributed by atoms with Crippen molar-refractivity contribution in [2.24, 2.45) is 0 Å². The van der Waals surface area contributed by atoms with Gasteiger partial charge in [0, 0.05) is 5.25 Å². The summed E-state index contributed by atoms with van der Waals surface area (Å²) in [6, 6.07) is -0.446. The highest BCUT2D eigenvalue weighted by atomic mass is 32.1. The monoisotopic (exact) mass is 174 g/mol. The lowest BCUT2D eigenvalue weighted by Crippen LogP contribution is -2.50. The number of hydrogen-bond donors (Lipinski definition) is 3. The Kier molecular flexibility index (Phi) is 1.83. The molecular weight excluding hydrogens is 164 g/mol. The van der Waals surface area contributed by atoms with Crippen LogP contribution in [0.2, 0.25) is 0 Å². The van der Waals surface area contributed by atoms with Crippen LogP contribution in [-0.2, 0) is 4.79 Å². The average molecular weight is 174 g/mol. The SMILES string of the molecule is CC(S)C1(C)NC(=O)NC1=O. The third kappa shape index (κ3) is 1.20. The van der Waals surface area contributed by atoms with Crippen LogP contribution in [0.15, 0.2) is 0 Å². The maximum Gasteiger partial charge on any atom is 0.322 e. The van der Waals surface area contributed by atoms with Crippen molar-refractivity contribution in [3.63, 3.8) is 0 Å². The summed E-state index contributed by atoms with van der Waals surface area (Å²) >= 11 is 4.10. The Hall–Kier alpha value is -0.710. The summed E-state index contributed by atoms with van der Waals surface area (Å²) in [5, 5.41) is 4.45. The number of carbonyl (C=O) groups excluding carboxylic acids is 2. The highest BCUT2D eigenvalue weighted by Gasteiger charge is 2.44. The molecule has 3 amide bonds. The smallest absolute Gasteiger partial charge is 0.322 e. The van der Waals surface area contributed by atoms with Crippen molar-refractivity contribution in [3.05, 3.63) is 0 Å². The van der Waals surface area contributed by atoms with Gasteiger partial charge in [-0.2, -0.15) is 12.6 Å². The van der Waals surface area contributed by atoms with E-state index in [1.165, 1.54) is 0 Å². The van der Waals surface area contributed by atoms with Gasteiger partial charge in [-0.25, -0.2) is 4.79 Å². The molecule has 0 saturated carbocycles. The van der Waals surface area contributed by atoms with Gasteiger partial charge in [0.2, 0.25) is 0 Å². The van der Waals surface area contributed by atoms with Crippen LogP contribution in [0, 0.1) is 0 Å². The molecule has 0 aromatic rings. The van der Waals surface area contributed by atoms with E-state index in [2.05, 4.69) is 23.3 Å². The molecule has 0 aliphatic carbocycles. The highest BCUT2D eigenvalue weighted by molar-refractivity contribution is 7.81. The number of rotatable bonds is 1. The first-order chi connectivity index (χ1) is 4.97. The molecule has 0 aromatic carbocycles. The number of thiol groups is 1. The van der Waals surface area contributed by atoms with Crippen molar-refractivity contribution < 1.29 is 9.59 Å². The van der Waals surface area contributed by atoms with E-state index in [4.69, 9.17) is 0 Å². The van der Waals surface area contributed by atoms with Gasteiger partial charge in [0.15, 0.2) is 0 Å². The number of hydrogen-bond acceptors (Lipinski definition) is 3. The minimum absolute atomic E-state index is 0.200. The molecular formula is C6H10N2O2S. The lowest BCUT2D eigenvalue weighted by Gasteiger charge is -2.23. The summed E-state index contributed by atoms with van der Waals surface area (Å²) in [5.41, 5.74) is -0.861. The van der Waals surface area contributed by atoms with Crippen molar-refractivity contribution in [1.29, 1.82) is 0 Å². The lowest BCUT2D eigenvalue weighted by molar-refractivity contribution is -0.123. The van der Waals surface area contributed by atoms with Crippen LogP contribution < -0.4 is 10.6 Å². The number of amides is 3. The van der Waals surface area contributed by atoms with E-state index >= 15 is 0 Å². The third-order valence-electron chi connectivity index (χ3n) is 1.91. The van der Waals surface area contributed by atoms with Crippen LogP contribution in [0.4, 0.5) is 4.79 Å². The van der Waals surface area contributed by atoms with Gasteiger partial charge in [-0.3, -0.25) is 10.1 Å². The van der Waals surface area contributed by atoms with Crippen molar-refractivity contribution in [2.75, 3.05) is 0 Å². The molecule has 2 atom stereocenters. The van der Waals surface area contributed by atoms with Gasteiger partial charge in [0.1, 0.15) is 5.54 Å². The van der Waals surface area contributed by atoms with Gasteiger partial charge >= 0.3 is 6.03 Å². The Labute approximate surface area is 70.1 Å². The zero-order chi connectivity index (χ0) is 8.65. The maximum atomic E-state index is 11.1. The molecule has 1 aliphatic rings. The van der Waals surface area contributed by atoms with E-state index in [1.807, 2.05) is 0 Å². The summed E-state index contributed by atoms with van der Waals surface area (Å²) < 4.78 is 0. The number of urea groups is 1. The lowest BCUT2D eigenvalue weighted by atomic mass is 9.99. The van der Waals surface area contributed by atoms with Gasteiger partial charge in [-0.1, -0.05) is 6.92 Å². The zero-order valence-corrected chi connectivity index (χ0v) is 7.24. The quantitative estimate of drug-likeness (QED) is 0.384. The largest absolute Gasteiger partial charge is 0.322 e. The van der Waals surface area contributed by atoms with Crippen molar-refractivity contribution in [2.45, 2.75) is 24.6 Å². The summed E-state index contributed by atoms with van der Waals surface area (Å²) in [6.45, 7) is 3.40. The number of nitrogens with one attached hydrogen (secondary N) is 2. The minimum atomic E-state index is -0.861. The van der Waals surface area contributed by atoms with Crippen LogP contribution in [0.5, 0.6) is 0 Å². The van der Waals surface area contributed by atoms with Gasteiger partial charge < -0.3 is 5.32 Å². The molecule has 4 nitrogen and oxygen atoms in total. The molecule has 1 fully saturated rings. The fourth-order valence-electron chi connectivity index (χ4n) is 0.851. The Morgan fingerprint density at radius 3 is 2.27 bits per heavy atom. The molecule has 1 rings (SSSR count). The number of imide groups is 1. The first-order valence-electron chi connectivity index (χ1n) is 3.28. The van der Waals surface area contributed by atoms with Gasteiger partial charge in [0.05, 0.1) is 0 Å². The fraction of sp³-hybridized carbons (Fsp3) is 0.667. The molecule has 1 heterocycles. The van der Waals surface area contributed by atoms with E-state index in [0.717, 1.165) is 0 Å². The molecule has 2 unspecified atom stereocenters. The summed E-state index contributed by atoms with van der Waals surface area (Å²) in [6.07, 6.45) is 0. The molecule has 0 bridgehead atoms. The molecule has 5 heteroatoms. The maximum absolute atomic E-state index is 11.1. The fourth-order valence-corrected chi connectivity index (χ4v) is 1.03. The molecule has 62 valence electrons. The first kappa shape index (κ1) is 8.39. The Balaban J connectivity index is 2.87.